The lowest BCUT2D eigenvalue weighted by molar-refractivity contribution is -0.135. The molecular formula is C15H19NO4S. The van der Waals surface area contributed by atoms with Crippen LogP contribution in [0.15, 0.2) is 30.3 Å². The van der Waals surface area contributed by atoms with Crippen molar-refractivity contribution in [3.05, 3.63) is 35.9 Å². The van der Waals surface area contributed by atoms with E-state index in [1.165, 1.54) is 5.56 Å². The highest BCUT2D eigenvalue weighted by Gasteiger charge is 2.24. The van der Waals surface area contributed by atoms with Gasteiger partial charge in [0.15, 0.2) is 0 Å². The summed E-state index contributed by atoms with van der Waals surface area (Å²) in [4.78, 5) is 24.3. The fraction of sp³-hybridized carbons (Fsp3) is 0.467. The Morgan fingerprint density at radius 1 is 1.29 bits per heavy atom. The van der Waals surface area contributed by atoms with Gasteiger partial charge in [-0.1, -0.05) is 30.3 Å². The quantitative estimate of drug-likeness (QED) is 0.857. The van der Waals surface area contributed by atoms with Gasteiger partial charge in [0.25, 0.3) is 0 Å². The maximum Gasteiger partial charge on any atom is 0.313 e. The molecule has 1 unspecified atom stereocenters. The predicted octanol–water partition coefficient (Wildman–Crippen LogP) is 1.27. The predicted molar refractivity (Wildman–Crippen MR) is 81.4 cm³/mol. The van der Waals surface area contributed by atoms with Gasteiger partial charge in [-0.15, -0.1) is 11.8 Å². The molecule has 21 heavy (non-hydrogen) atoms. The Bertz CT molecular complexity index is 480. The lowest BCUT2D eigenvalue weighted by Crippen LogP contribution is -2.47. The molecule has 0 radical (unpaired) electrons. The molecule has 2 rings (SSSR count). The summed E-state index contributed by atoms with van der Waals surface area (Å²) in [5.74, 6) is -0.729. The van der Waals surface area contributed by atoms with E-state index in [0.29, 0.717) is 19.7 Å². The number of carbonyl (C=O) groups excluding carboxylic acids is 1. The van der Waals surface area contributed by atoms with Gasteiger partial charge in [-0.2, -0.15) is 0 Å². The molecule has 0 spiro atoms. The number of carbonyl (C=O) groups is 2. The van der Waals surface area contributed by atoms with Crippen molar-refractivity contribution < 1.29 is 19.4 Å². The Labute approximate surface area is 128 Å². The highest BCUT2D eigenvalue weighted by molar-refractivity contribution is 8.00. The minimum absolute atomic E-state index is 0.00886. The van der Waals surface area contributed by atoms with E-state index in [0.717, 1.165) is 18.2 Å². The summed E-state index contributed by atoms with van der Waals surface area (Å²) >= 11 is 1.14. The largest absolute Gasteiger partial charge is 0.481 e. The van der Waals surface area contributed by atoms with Crippen molar-refractivity contribution in [3.8, 4) is 0 Å². The zero-order valence-electron chi connectivity index (χ0n) is 11.7. The minimum Gasteiger partial charge on any atom is -0.481 e. The molecule has 1 aromatic rings. The molecule has 0 bridgehead atoms. The average Bonchev–Trinajstić information content (AvgIpc) is 2.48. The summed E-state index contributed by atoms with van der Waals surface area (Å²) in [6.45, 7) is 1.69. The van der Waals surface area contributed by atoms with Crippen LogP contribution in [0.1, 0.15) is 5.56 Å². The number of thioether (sulfide) groups is 1. The van der Waals surface area contributed by atoms with Gasteiger partial charge in [-0.05, 0) is 5.56 Å². The summed E-state index contributed by atoms with van der Waals surface area (Å²) in [5, 5.41) is 8.58. The fourth-order valence-electron chi connectivity index (χ4n) is 2.26. The molecule has 1 aliphatic heterocycles. The first-order valence-electron chi connectivity index (χ1n) is 6.88. The van der Waals surface area contributed by atoms with Crippen LogP contribution in [0.4, 0.5) is 0 Å². The SMILES string of the molecule is O=C(O)CSCC(=O)N1CCOC(Cc2ccccc2)C1. The molecule has 1 amide bonds. The Balaban J connectivity index is 1.80. The second-order valence-corrected chi connectivity index (χ2v) is 5.89. The molecule has 1 aromatic carbocycles. The van der Waals surface area contributed by atoms with E-state index in [4.69, 9.17) is 9.84 Å². The number of amides is 1. The maximum absolute atomic E-state index is 12.0. The third-order valence-corrected chi connectivity index (χ3v) is 4.15. The van der Waals surface area contributed by atoms with Gasteiger partial charge in [0.1, 0.15) is 0 Å². The fourth-order valence-corrected chi connectivity index (χ4v) is 2.90. The number of aliphatic carboxylic acids is 1. The molecular weight excluding hydrogens is 290 g/mol. The number of ether oxygens (including phenoxy) is 1. The van der Waals surface area contributed by atoms with Gasteiger partial charge in [-0.25, -0.2) is 0 Å². The number of hydrogen-bond acceptors (Lipinski definition) is 4. The summed E-state index contributed by atoms with van der Waals surface area (Å²) in [6.07, 6.45) is 0.793. The van der Waals surface area contributed by atoms with E-state index in [1.807, 2.05) is 30.3 Å². The number of morpholine rings is 1. The van der Waals surface area contributed by atoms with Crippen LogP contribution in [0, 0.1) is 0 Å². The molecule has 1 aliphatic rings. The van der Waals surface area contributed by atoms with Crippen LogP contribution in [0.2, 0.25) is 0 Å². The summed E-state index contributed by atoms with van der Waals surface area (Å²) < 4.78 is 5.71. The molecule has 1 fully saturated rings. The Morgan fingerprint density at radius 2 is 2.05 bits per heavy atom. The first-order chi connectivity index (χ1) is 10.1. The summed E-state index contributed by atoms with van der Waals surface area (Å²) in [6, 6.07) is 10.0. The molecule has 0 saturated carbocycles. The van der Waals surface area contributed by atoms with Crippen molar-refractivity contribution in [2.75, 3.05) is 31.2 Å². The number of carboxylic acid groups (broad SMARTS) is 1. The van der Waals surface area contributed by atoms with Gasteiger partial charge < -0.3 is 14.7 Å². The monoisotopic (exact) mass is 309 g/mol. The normalized spacial score (nSPS) is 18.5. The van der Waals surface area contributed by atoms with E-state index < -0.39 is 5.97 Å². The zero-order valence-corrected chi connectivity index (χ0v) is 12.6. The Kier molecular flexibility index (Phi) is 6.07. The highest BCUT2D eigenvalue weighted by atomic mass is 32.2. The van der Waals surface area contributed by atoms with Crippen LogP contribution in [-0.4, -0.2) is 59.2 Å². The van der Waals surface area contributed by atoms with Gasteiger partial charge in [0, 0.05) is 19.5 Å². The van der Waals surface area contributed by atoms with Crippen molar-refractivity contribution >= 4 is 23.6 Å². The average molecular weight is 309 g/mol. The van der Waals surface area contributed by atoms with Crippen LogP contribution < -0.4 is 0 Å². The molecule has 0 aliphatic carbocycles. The molecule has 1 atom stereocenters. The van der Waals surface area contributed by atoms with Crippen LogP contribution in [0.5, 0.6) is 0 Å². The van der Waals surface area contributed by atoms with Crippen LogP contribution in [0.25, 0.3) is 0 Å². The first kappa shape index (κ1) is 15.9. The summed E-state index contributed by atoms with van der Waals surface area (Å²) in [7, 11) is 0. The van der Waals surface area contributed by atoms with Crippen molar-refractivity contribution in [2.45, 2.75) is 12.5 Å². The number of carboxylic acids is 1. The Morgan fingerprint density at radius 3 is 2.76 bits per heavy atom. The smallest absolute Gasteiger partial charge is 0.313 e. The van der Waals surface area contributed by atoms with Gasteiger partial charge >= 0.3 is 5.97 Å². The number of rotatable bonds is 6. The van der Waals surface area contributed by atoms with Gasteiger partial charge in [0.2, 0.25) is 5.91 Å². The second-order valence-electron chi connectivity index (χ2n) is 4.91. The highest BCUT2D eigenvalue weighted by Crippen LogP contribution is 2.13. The van der Waals surface area contributed by atoms with Gasteiger partial charge in [0.05, 0.1) is 24.2 Å². The van der Waals surface area contributed by atoms with Crippen molar-refractivity contribution in [1.82, 2.24) is 4.90 Å². The van der Waals surface area contributed by atoms with E-state index in [9.17, 15) is 9.59 Å². The number of hydrogen-bond donors (Lipinski definition) is 1. The van der Waals surface area contributed by atoms with Crippen LogP contribution in [-0.2, 0) is 20.7 Å². The van der Waals surface area contributed by atoms with Crippen LogP contribution in [0.3, 0.4) is 0 Å². The molecule has 6 heteroatoms. The van der Waals surface area contributed by atoms with Crippen molar-refractivity contribution in [1.29, 1.82) is 0 Å². The summed E-state index contributed by atoms with van der Waals surface area (Å²) in [5.41, 5.74) is 1.19. The van der Waals surface area contributed by atoms with E-state index in [-0.39, 0.29) is 23.5 Å². The number of benzene rings is 1. The molecule has 5 nitrogen and oxygen atoms in total. The molecule has 114 valence electrons. The molecule has 1 saturated heterocycles. The Hall–Kier alpha value is -1.53. The lowest BCUT2D eigenvalue weighted by Gasteiger charge is -2.33. The minimum atomic E-state index is -0.892. The second kappa shape index (κ2) is 8.05. The third-order valence-electron chi connectivity index (χ3n) is 3.25. The van der Waals surface area contributed by atoms with Gasteiger partial charge in [-0.3, -0.25) is 9.59 Å². The van der Waals surface area contributed by atoms with E-state index >= 15 is 0 Å². The third kappa shape index (κ3) is 5.40. The molecule has 1 N–H and O–H groups in total. The van der Waals surface area contributed by atoms with E-state index in [2.05, 4.69) is 0 Å². The number of nitrogens with zero attached hydrogens (tertiary/aromatic N) is 1. The maximum atomic E-state index is 12.0. The van der Waals surface area contributed by atoms with Crippen molar-refractivity contribution in [2.24, 2.45) is 0 Å². The standard InChI is InChI=1S/C15H19NO4S/c17-14(10-21-11-15(18)19)16-6-7-20-13(9-16)8-12-4-2-1-3-5-12/h1-5,13H,6-11H2,(H,18,19). The van der Waals surface area contributed by atoms with Crippen molar-refractivity contribution in [3.63, 3.8) is 0 Å². The topological polar surface area (TPSA) is 66.8 Å². The molecule has 0 aromatic heterocycles. The zero-order chi connectivity index (χ0) is 15.1. The first-order valence-corrected chi connectivity index (χ1v) is 8.03. The van der Waals surface area contributed by atoms with E-state index in [1.54, 1.807) is 4.90 Å². The lowest BCUT2D eigenvalue weighted by atomic mass is 10.1. The molecule has 1 heterocycles. The van der Waals surface area contributed by atoms with Crippen LogP contribution >= 0.6 is 11.8 Å².